The Bertz CT molecular complexity index is 3730. The maximum atomic E-state index is 9.60. The second-order valence-corrected chi connectivity index (χ2v) is 21.1. The van der Waals surface area contributed by atoms with Gasteiger partial charge in [0.2, 0.25) is 23.1 Å². The molecule has 0 atom stereocenters. The van der Waals surface area contributed by atoms with Crippen LogP contribution in [0.1, 0.15) is 67.0 Å². The van der Waals surface area contributed by atoms with E-state index < -0.39 is 7.12 Å². The molecule has 0 bridgehead atoms. The van der Waals surface area contributed by atoms with E-state index in [0.29, 0.717) is 83.8 Å². The molecule has 0 spiro atoms. The maximum Gasteiger partial charge on any atom is 0.491 e. The first kappa shape index (κ1) is 59.5. The van der Waals surface area contributed by atoms with Crippen LogP contribution in [-0.4, -0.2) is 42.9 Å². The molecule has 0 unspecified atom stereocenters. The number of fused-ring (bicyclic) bond motifs is 4. The molecule has 19 heteroatoms. The first-order valence-electron chi connectivity index (χ1n) is 27.4. The van der Waals surface area contributed by atoms with Gasteiger partial charge in [0, 0.05) is 17.0 Å². The van der Waals surface area contributed by atoms with Crippen LogP contribution in [0.4, 0.5) is 22.7 Å². The number of aryl methyl sites for hydroxylation is 8. The van der Waals surface area contributed by atoms with Crippen molar-refractivity contribution >= 4 is 72.5 Å². The van der Waals surface area contributed by atoms with Gasteiger partial charge in [-0.1, -0.05) is 44.7 Å². The molecule has 0 saturated carbocycles. The fourth-order valence-electron chi connectivity index (χ4n) is 10.2. The summed E-state index contributed by atoms with van der Waals surface area (Å²) in [6.07, 6.45) is 0. The van der Waals surface area contributed by atoms with Crippen molar-refractivity contribution in [2.75, 3.05) is 0 Å². The van der Waals surface area contributed by atoms with Gasteiger partial charge in [-0.15, -0.1) is 0 Å². The maximum absolute atomic E-state index is 9.60. The summed E-state index contributed by atoms with van der Waals surface area (Å²) in [5.74, 6) is 5.57. The molecule has 0 radical (unpaired) electrons. The van der Waals surface area contributed by atoms with Crippen LogP contribution in [0.3, 0.4) is 0 Å². The van der Waals surface area contributed by atoms with Crippen LogP contribution < -0.4 is 40.8 Å². The number of ether oxygens (including phenoxy) is 4. The highest BCUT2D eigenvalue weighted by atomic mass is 16.5. The van der Waals surface area contributed by atoms with Gasteiger partial charge in [0.15, 0.2) is 11.4 Å². The summed E-state index contributed by atoms with van der Waals surface area (Å²) in [7, 11) is -0.837. The number of pyridine rings is 2. The lowest BCUT2D eigenvalue weighted by Crippen LogP contribution is -2.27. The molecule has 6 aromatic carbocycles. The standard InChI is InChI=1S/C17H16BNO2.2C16H15BN2O2.C16H14BNO3/c1-11-8-17(12(2)7-16(11)19-4)21-14-5-6-15-13(9-14)10-20-18(15)3;1-10-7-15(19-11(2)16(10)18-4)21-13-5-6-14-12(8-13)9-20-17(14)3;1-10-7-15(18-4)11(2)19-16(10)21-13-5-6-14-12(8-13)9-20-17(14)3;1-10-6-14(7-11(2)16(10)18-3)21-13-4-5-15-12(8-13)9-20-17(15)19/h5-9H,10H2,1-3H3;2*5-8H,9H2,1-3H3;4-8,19H,9H2,1-2H3. The largest absolute Gasteiger partial charge is 0.491 e. The molecule has 416 valence electrons. The Morgan fingerprint density at radius 1 is 0.405 bits per heavy atom. The minimum atomic E-state index is -0.837. The third-order valence-electron chi connectivity index (χ3n) is 14.9. The van der Waals surface area contributed by atoms with E-state index in [1.807, 2.05) is 166 Å². The predicted molar refractivity (Wildman–Crippen MR) is 331 cm³/mol. The molecule has 15 nitrogen and oxygen atoms in total. The topological polar surface area (TPSA) is 137 Å². The van der Waals surface area contributed by atoms with E-state index in [0.717, 1.165) is 78.5 Å². The van der Waals surface area contributed by atoms with E-state index in [1.165, 1.54) is 22.0 Å². The van der Waals surface area contributed by atoms with Gasteiger partial charge < -0.3 is 42.6 Å². The minimum absolute atomic E-state index is 0.147. The van der Waals surface area contributed by atoms with Crippen LogP contribution in [-0.2, 0) is 45.0 Å². The number of benzene rings is 6. The first-order chi connectivity index (χ1) is 40.3. The average Bonchev–Trinajstić information content (AvgIpc) is 4.12. The Morgan fingerprint density at radius 2 is 0.857 bits per heavy atom. The molecule has 1 N–H and O–H groups in total. The highest BCUT2D eigenvalue weighted by Crippen LogP contribution is 2.35. The Morgan fingerprint density at radius 3 is 1.37 bits per heavy atom. The molecule has 0 fully saturated rings. The molecular formula is C65H60B4N6O9. The van der Waals surface area contributed by atoms with E-state index in [-0.39, 0.29) is 20.7 Å². The van der Waals surface area contributed by atoms with Crippen LogP contribution in [0.25, 0.3) is 19.4 Å². The number of hydrogen-bond acceptors (Lipinski definition) is 11. The zero-order valence-corrected chi connectivity index (χ0v) is 48.9. The molecule has 0 saturated heterocycles. The molecule has 0 amide bonds. The molecular weight excluding hydrogens is 1050 g/mol. The smallest absolute Gasteiger partial charge is 0.457 e. The van der Waals surface area contributed by atoms with E-state index in [9.17, 15) is 5.02 Å². The van der Waals surface area contributed by atoms with Gasteiger partial charge in [-0.05, 0) is 212 Å². The predicted octanol–water partition coefficient (Wildman–Crippen LogP) is 13.7. The lowest BCUT2D eigenvalue weighted by atomic mass is 9.64. The molecule has 12 rings (SSSR count). The zero-order valence-electron chi connectivity index (χ0n) is 48.9. The van der Waals surface area contributed by atoms with Crippen molar-refractivity contribution < 1.29 is 42.6 Å². The van der Waals surface area contributed by atoms with Gasteiger partial charge in [-0.3, -0.25) is 0 Å². The Hall–Kier alpha value is -9.16. The number of aromatic nitrogens is 2. The molecule has 2 aromatic heterocycles. The van der Waals surface area contributed by atoms with Gasteiger partial charge in [-0.2, -0.15) is 0 Å². The van der Waals surface area contributed by atoms with Crippen molar-refractivity contribution in [3.63, 3.8) is 0 Å². The summed E-state index contributed by atoms with van der Waals surface area (Å²) in [5, 5.41) is 9.60. The molecule has 84 heavy (non-hydrogen) atoms. The average molecular weight is 1110 g/mol. The van der Waals surface area contributed by atoms with Crippen LogP contribution in [0, 0.1) is 81.7 Å². The minimum Gasteiger partial charge on any atom is -0.457 e. The Labute approximate surface area is 493 Å². The number of rotatable bonds is 8. The number of hydrogen-bond donors (Lipinski definition) is 1. The van der Waals surface area contributed by atoms with Gasteiger partial charge in [0.1, 0.15) is 34.5 Å². The molecule has 0 aliphatic carbocycles. The van der Waals surface area contributed by atoms with Gasteiger partial charge in [0.05, 0.1) is 52.7 Å². The summed E-state index contributed by atoms with van der Waals surface area (Å²) >= 11 is 0. The van der Waals surface area contributed by atoms with Crippen LogP contribution in [0.5, 0.6) is 46.3 Å². The van der Waals surface area contributed by atoms with Crippen LogP contribution >= 0.6 is 0 Å². The second kappa shape index (κ2) is 26.0. The summed E-state index contributed by atoms with van der Waals surface area (Å²) in [6, 6.07) is 34.6. The van der Waals surface area contributed by atoms with Crippen LogP contribution in [0.15, 0.2) is 109 Å². The number of nitrogens with zero attached hydrogens (tertiary/aromatic N) is 6. The van der Waals surface area contributed by atoms with Gasteiger partial charge >= 0.3 is 27.9 Å². The van der Waals surface area contributed by atoms with Crippen molar-refractivity contribution in [3.05, 3.63) is 222 Å². The third kappa shape index (κ3) is 13.5. The van der Waals surface area contributed by atoms with E-state index >= 15 is 0 Å². The Kier molecular flexibility index (Phi) is 18.4. The van der Waals surface area contributed by atoms with Crippen molar-refractivity contribution in [1.29, 1.82) is 0 Å². The zero-order chi connectivity index (χ0) is 59.9. The molecule has 8 aromatic rings. The summed E-state index contributed by atoms with van der Waals surface area (Å²) in [5.41, 5.74) is 18.2. The summed E-state index contributed by atoms with van der Waals surface area (Å²) in [4.78, 5) is 22.7. The fourth-order valence-corrected chi connectivity index (χ4v) is 10.2. The Balaban J connectivity index is 0.000000134. The lowest BCUT2D eigenvalue weighted by molar-refractivity contribution is 0.275. The van der Waals surface area contributed by atoms with E-state index in [2.05, 4.69) is 42.2 Å². The third-order valence-corrected chi connectivity index (χ3v) is 14.9. The summed E-state index contributed by atoms with van der Waals surface area (Å²) in [6.45, 7) is 52.6. The molecule has 6 heterocycles. The lowest BCUT2D eigenvalue weighted by Gasteiger charge is -2.12. The normalized spacial score (nSPS) is 13.0. The summed E-state index contributed by atoms with van der Waals surface area (Å²) < 4.78 is 45.5. The highest BCUT2D eigenvalue weighted by Gasteiger charge is 2.29. The van der Waals surface area contributed by atoms with Crippen molar-refractivity contribution in [1.82, 2.24) is 9.97 Å². The highest BCUT2D eigenvalue weighted by molar-refractivity contribution is 6.68. The van der Waals surface area contributed by atoms with E-state index in [1.54, 1.807) is 6.07 Å². The monoisotopic (exact) mass is 1110 g/mol. The van der Waals surface area contributed by atoms with Crippen molar-refractivity contribution in [3.8, 4) is 46.3 Å². The van der Waals surface area contributed by atoms with Crippen molar-refractivity contribution in [2.45, 2.75) is 102 Å². The first-order valence-corrected chi connectivity index (χ1v) is 27.4. The molecule has 4 aliphatic heterocycles. The molecule has 4 aliphatic rings. The van der Waals surface area contributed by atoms with E-state index in [4.69, 9.17) is 63.9 Å². The SMILES string of the molecule is [C-]#[N+]c1c(C)cc(Oc2ccc3c(c2)COB3C)nc1C.[C-]#[N+]c1c(C)cc(Oc2ccc3c(c2)COB3O)cc1C.[C-]#[N+]c1cc(C)c(Oc2ccc3c(c2)COB3C)cc1C.[C-]#[N+]c1cc(C)c(Oc2ccc3c(c2)COB3C)nc1C. The van der Waals surface area contributed by atoms with Crippen LogP contribution in [0.2, 0.25) is 20.5 Å². The van der Waals surface area contributed by atoms with Crippen molar-refractivity contribution in [2.24, 2.45) is 0 Å². The van der Waals surface area contributed by atoms with Gasteiger partial charge in [-0.25, -0.2) is 29.3 Å². The second-order valence-electron chi connectivity index (χ2n) is 21.1. The fraction of sp³-hybridized carbons (Fsp3) is 0.231. The quantitative estimate of drug-likeness (QED) is 0.115. The van der Waals surface area contributed by atoms with Gasteiger partial charge in [0.25, 0.3) is 0 Å².